The molecule has 0 N–H and O–H groups in total. The summed E-state index contributed by atoms with van der Waals surface area (Å²) in [7, 11) is 4.75. The van der Waals surface area contributed by atoms with Crippen molar-refractivity contribution < 1.29 is 19.0 Å². The van der Waals surface area contributed by atoms with Crippen LogP contribution in [0.4, 0.5) is 0 Å². The van der Waals surface area contributed by atoms with Gasteiger partial charge < -0.3 is 14.2 Å². The molecule has 2 atom stereocenters. The molecule has 110 valence electrons. The van der Waals surface area contributed by atoms with Crippen LogP contribution in [-0.2, 0) is 20.8 Å². The van der Waals surface area contributed by atoms with Gasteiger partial charge in [-0.25, -0.2) is 4.79 Å². The number of hydrogen-bond donors (Lipinski definition) is 0. The fourth-order valence-corrected chi connectivity index (χ4v) is 2.39. The molecule has 0 amide bonds. The van der Waals surface area contributed by atoms with Crippen LogP contribution in [0.2, 0.25) is 0 Å². The maximum absolute atomic E-state index is 11.3. The molecular formula is C14H20N2O4. The minimum Gasteiger partial charge on any atom is -0.465 e. The average Bonchev–Trinajstić information content (AvgIpc) is 2.89. The predicted octanol–water partition coefficient (Wildman–Crippen LogP) is 0.714. The molecule has 0 aliphatic carbocycles. The van der Waals surface area contributed by atoms with Crippen molar-refractivity contribution in [1.82, 2.24) is 9.88 Å². The van der Waals surface area contributed by atoms with E-state index in [9.17, 15) is 4.79 Å². The standard InChI is InChI=1S/C14H20N2O4/c1-18-12-8-16(9-13(12)19-2)7-11-5-4-10(6-15-11)14(17)20-3/h4-6,12-13H,7-9H2,1-3H3. The second-order valence-corrected chi connectivity index (χ2v) is 4.77. The quantitative estimate of drug-likeness (QED) is 0.740. The zero-order chi connectivity index (χ0) is 14.5. The van der Waals surface area contributed by atoms with Gasteiger partial charge >= 0.3 is 5.97 Å². The minimum absolute atomic E-state index is 0.0920. The summed E-state index contributed by atoms with van der Waals surface area (Å²) >= 11 is 0. The molecule has 1 aromatic heterocycles. The largest absolute Gasteiger partial charge is 0.465 e. The molecular weight excluding hydrogens is 260 g/mol. The molecule has 1 aromatic rings. The molecule has 2 heterocycles. The maximum atomic E-state index is 11.3. The number of likely N-dealkylation sites (tertiary alicyclic amines) is 1. The summed E-state index contributed by atoms with van der Waals surface area (Å²) in [5, 5.41) is 0. The van der Waals surface area contributed by atoms with E-state index >= 15 is 0 Å². The van der Waals surface area contributed by atoms with Crippen LogP contribution in [0.1, 0.15) is 16.1 Å². The van der Waals surface area contributed by atoms with Crippen molar-refractivity contribution >= 4 is 5.97 Å². The Kier molecular flexibility index (Phi) is 5.05. The summed E-state index contributed by atoms with van der Waals surface area (Å²) in [4.78, 5) is 17.8. The summed E-state index contributed by atoms with van der Waals surface area (Å²) < 4.78 is 15.4. The van der Waals surface area contributed by atoms with E-state index in [2.05, 4.69) is 14.6 Å². The Hall–Kier alpha value is -1.50. The number of rotatable bonds is 5. The fourth-order valence-electron chi connectivity index (χ4n) is 2.39. The van der Waals surface area contributed by atoms with Crippen molar-refractivity contribution in [3.8, 4) is 0 Å². The highest BCUT2D eigenvalue weighted by Gasteiger charge is 2.32. The summed E-state index contributed by atoms with van der Waals surface area (Å²) in [6.45, 7) is 2.34. The van der Waals surface area contributed by atoms with Crippen LogP contribution < -0.4 is 0 Å². The number of carbonyl (C=O) groups is 1. The first-order valence-electron chi connectivity index (χ1n) is 6.49. The van der Waals surface area contributed by atoms with Crippen LogP contribution in [0, 0.1) is 0 Å². The van der Waals surface area contributed by atoms with Gasteiger partial charge in [0.25, 0.3) is 0 Å². The van der Waals surface area contributed by atoms with E-state index in [4.69, 9.17) is 9.47 Å². The van der Waals surface area contributed by atoms with E-state index in [1.807, 2.05) is 6.07 Å². The zero-order valence-electron chi connectivity index (χ0n) is 12.0. The van der Waals surface area contributed by atoms with Crippen molar-refractivity contribution in [2.24, 2.45) is 0 Å². The van der Waals surface area contributed by atoms with Crippen LogP contribution in [0.25, 0.3) is 0 Å². The van der Waals surface area contributed by atoms with Crippen LogP contribution in [-0.4, -0.2) is 62.5 Å². The number of ether oxygens (including phenoxy) is 3. The van der Waals surface area contributed by atoms with Gasteiger partial charge in [0.15, 0.2) is 0 Å². The highest BCUT2D eigenvalue weighted by atomic mass is 16.5. The smallest absolute Gasteiger partial charge is 0.339 e. The monoisotopic (exact) mass is 280 g/mol. The lowest BCUT2D eigenvalue weighted by Gasteiger charge is -2.14. The van der Waals surface area contributed by atoms with Gasteiger partial charge in [-0.05, 0) is 12.1 Å². The van der Waals surface area contributed by atoms with Gasteiger partial charge in [0.2, 0.25) is 0 Å². The van der Waals surface area contributed by atoms with Gasteiger partial charge in [-0.15, -0.1) is 0 Å². The fraction of sp³-hybridized carbons (Fsp3) is 0.571. The normalized spacial score (nSPS) is 22.9. The molecule has 2 rings (SSSR count). The first-order chi connectivity index (χ1) is 9.67. The second-order valence-electron chi connectivity index (χ2n) is 4.77. The van der Waals surface area contributed by atoms with Crippen molar-refractivity contribution in [2.45, 2.75) is 18.8 Å². The summed E-state index contributed by atoms with van der Waals surface area (Å²) in [5.41, 5.74) is 1.37. The molecule has 0 aromatic carbocycles. The lowest BCUT2D eigenvalue weighted by Crippen LogP contribution is -2.27. The molecule has 1 aliphatic heterocycles. The molecule has 1 saturated heterocycles. The lowest BCUT2D eigenvalue weighted by atomic mass is 10.2. The lowest BCUT2D eigenvalue weighted by molar-refractivity contribution is -0.00461. The first-order valence-corrected chi connectivity index (χ1v) is 6.49. The van der Waals surface area contributed by atoms with Crippen molar-refractivity contribution in [3.05, 3.63) is 29.6 Å². The molecule has 0 radical (unpaired) electrons. The van der Waals surface area contributed by atoms with Gasteiger partial charge in [-0.3, -0.25) is 9.88 Å². The Labute approximate surface area is 118 Å². The highest BCUT2D eigenvalue weighted by Crippen LogP contribution is 2.17. The Morgan fingerprint density at radius 2 is 1.90 bits per heavy atom. The number of carbonyl (C=O) groups excluding carboxylic acids is 1. The Morgan fingerprint density at radius 3 is 2.35 bits per heavy atom. The predicted molar refractivity (Wildman–Crippen MR) is 72.4 cm³/mol. The van der Waals surface area contributed by atoms with Gasteiger partial charge in [0.1, 0.15) is 0 Å². The molecule has 1 fully saturated rings. The van der Waals surface area contributed by atoms with E-state index in [0.29, 0.717) is 12.1 Å². The molecule has 6 heteroatoms. The van der Waals surface area contributed by atoms with E-state index in [0.717, 1.165) is 18.8 Å². The number of hydrogen-bond acceptors (Lipinski definition) is 6. The third-order valence-electron chi connectivity index (χ3n) is 3.53. The maximum Gasteiger partial charge on any atom is 0.339 e. The second kappa shape index (κ2) is 6.78. The van der Waals surface area contributed by atoms with Gasteiger partial charge in [0, 0.05) is 40.1 Å². The topological polar surface area (TPSA) is 60.9 Å². The van der Waals surface area contributed by atoms with E-state index < -0.39 is 0 Å². The van der Waals surface area contributed by atoms with Crippen LogP contribution in [0.3, 0.4) is 0 Å². The molecule has 2 unspecified atom stereocenters. The molecule has 0 saturated carbocycles. The summed E-state index contributed by atoms with van der Waals surface area (Å²) in [5.74, 6) is -0.371. The zero-order valence-corrected chi connectivity index (χ0v) is 12.0. The van der Waals surface area contributed by atoms with Crippen molar-refractivity contribution in [3.63, 3.8) is 0 Å². The summed E-state index contributed by atoms with van der Waals surface area (Å²) in [6, 6.07) is 3.57. The number of nitrogens with zero attached hydrogens (tertiary/aromatic N) is 2. The third kappa shape index (κ3) is 3.33. The van der Waals surface area contributed by atoms with E-state index in [1.165, 1.54) is 7.11 Å². The van der Waals surface area contributed by atoms with Crippen LogP contribution >= 0.6 is 0 Å². The van der Waals surface area contributed by atoms with E-state index in [-0.39, 0.29) is 18.2 Å². The van der Waals surface area contributed by atoms with Gasteiger partial charge in [-0.2, -0.15) is 0 Å². The highest BCUT2D eigenvalue weighted by molar-refractivity contribution is 5.88. The van der Waals surface area contributed by atoms with E-state index in [1.54, 1.807) is 26.5 Å². The average molecular weight is 280 g/mol. The number of aromatic nitrogens is 1. The number of esters is 1. The molecule has 1 aliphatic rings. The van der Waals surface area contributed by atoms with Crippen molar-refractivity contribution in [1.29, 1.82) is 0 Å². The van der Waals surface area contributed by atoms with Crippen molar-refractivity contribution in [2.75, 3.05) is 34.4 Å². The number of methoxy groups -OCH3 is 3. The molecule has 0 spiro atoms. The van der Waals surface area contributed by atoms with Crippen LogP contribution in [0.5, 0.6) is 0 Å². The summed E-state index contributed by atoms with van der Waals surface area (Å²) in [6.07, 6.45) is 1.72. The minimum atomic E-state index is -0.371. The first kappa shape index (κ1) is 14.9. The number of pyridine rings is 1. The SMILES string of the molecule is COC(=O)c1ccc(CN2CC(OC)C(OC)C2)nc1. The molecule has 20 heavy (non-hydrogen) atoms. The molecule has 6 nitrogen and oxygen atoms in total. The Morgan fingerprint density at radius 1 is 1.25 bits per heavy atom. The van der Waals surface area contributed by atoms with Gasteiger partial charge in [0.05, 0.1) is 30.6 Å². The van der Waals surface area contributed by atoms with Crippen LogP contribution in [0.15, 0.2) is 18.3 Å². The molecule has 0 bridgehead atoms. The van der Waals surface area contributed by atoms with Gasteiger partial charge in [-0.1, -0.05) is 0 Å². The Bertz CT molecular complexity index is 437. The Balaban J connectivity index is 1.96. The third-order valence-corrected chi connectivity index (χ3v) is 3.53.